The molecule has 0 unspecified atom stereocenters. The second kappa shape index (κ2) is 9.88. The molecule has 1 aromatic heterocycles. The summed E-state index contributed by atoms with van der Waals surface area (Å²) in [5, 5.41) is 1.33. The average Bonchev–Trinajstić information content (AvgIpc) is 3.08. The van der Waals surface area contributed by atoms with Crippen molar-refractivity contribution in [3.8, 4) is 0 Å². The summed E-state index contributed by atoms with van der Waals surface area (Å²) >= 11 is 0. The minimum atomic E-state index is -0.293. The van der Waals surface area contributed by atoms with Gasteiger partial charge in [0.1, 0.15) is 0 Å². The van der Waals surface area contributed by atoms with Crippen molar-refractivity contribution >= 4 is 16.9 Å². The van der Waals surface area contributed by atoms with Crippen molar-refractivity contribution in [2.24, 2.45) is 0 Å². The predicted molar refractivity (Wildman–Crippen MR) is 130 cm³/mol. The highest BCUT2D eigenvalue weighted by Crippen LogP contribution is 2.28. The van der Waals surface area contributed by atoms with Crippen LogP contribution in [0.15, 0.2) is 48.5 Å². The van der Waals surface area contributed by atoms with Gasteiger partial charge in [0.25, 0.3) is 0 Å². The van der Waals surface area contributed by atoms with Crippen LogP contribution in [0.4, 0.5) is 0 Å². The molecule has 0 atom stereocenters. The van der Waals surface area contributed by atoms with Crippen LogP contribution < -0.4 is 0 Å². The Morgan fingerprint density at radius 3 is 2.31 bits per heavy atom. The number of nitrogens with zero attached hydrogens (tertiary/aromatic N) is 3. The Labute approximate surface area is 191 Å². The Bertz CT molecular complexity index is 1060. The number of benzene rings is 2. The number of aromatic nitrogens is 1. The van der Waals surface area contributed by atoms with Gasteiger partial charge in [0.2, 0.25) is 0 Å². The smallest absolute Gasteiger partial charge is 0.337 e. The number of fused-ring (bicyclic) bond motifs is 1. The van der Waals surface area contributed by atoms with Crippen LogP contribution in [0.3, 0.4) is 0 Å². The van der Waals surface area contributed by atoms with Crippen molar-refractivity contribution in [3.05, 3.63) is 70.9 Å². The third-order valence-corrected chi connectivity index (χ3v) is 6.89. The number of rotatable bonds is 7. The van der Waals surface area contributed by atoms with Gasteiger partial charge in [-0.3, -0.25) is 9.80 Å². The first-order valence-electron chi connectivity index (χ1n) is 11.7. The van der Waals surface area contributed by atoms with Gasteiger partial charge in [-0.15, -0.1) is 0 Å². The summed E-state index contributed by atoms with van der Waals surface area (Å²) in [4.78, 5) is 16.9. The number of hydrogen-bond donors (Lipinski definition) is 0. The zero-order valence-electron chi connectivity index (χ0n) is 19.8. The van der Waals surface area contributed by atoms with E-state index < -0.39 is 0 Å². The minimum absolute atomic E-state index is 0.293. The molecular weight excluding hydrogens is 398 g/mol. The lowest BCUT2D eigenvalue weighted by Gasteiger charge is -2.37. The van der Waals surface area contributed by atoms with Crippen molar-refractivity contribution in [3.63, 3.8) is 0 Å². The summed E-state index contributed by atoms with van der Waals surface area (Å²) in [5.41, 5.74) is 5.81. The number of ether oxygens (including phenoxy) is 1. The van der Waals surface area contributed by atoms with E-state index in [1.54, 1.807) is 0 Å². The normalized spacial score (nSPS) is 15.5. The van der Waals surface area contributed by atoms with Crippen molar-refractivity contribution in [2.45, 2.75) is 39.8 Å². The molecule has 32 heavy (non-hydrogen) atoms. The summed E-state index contributed by atoms with van der Waals surface area (Å²) in [6.45, 7) is 13.5. The Morgan fingerprint density at radius 2 is 1.66 bits per heavy atom. The molecule has 1 aliphatic rings. The number of para-hydroxylation sites is 1. The quantitative estimate of drug-likeness (QED) is 0.519. The van der Waals surface area contributed by atoms with Crippen molar-refractivity contribution in [1.29, 1.82) is 0 Å². The number of piperazine rings is 1. The van der Waals surface area contributed by atoms with Crippen LogP contribution in [-0.4, -0.2) is 66.2 Å². The molecular formula is C27H35N3O2. The molecule has 0 radical (unpaired) electrons. The Morgan fingerprint density at radius 1 is 0.969 bits per heavy atom. The summed E-state index contributed by atoms with van der Waals surface area (Å²) in [5.74, 6) is -0.293. The second-order valence-corrected chi connectivity index (χ2v) is 9.07. The fourth-order valence-corrected chi connectivity index (χ4v) is 4.84. The SMILES string of the molecule is COC(=O)c1ccc(Cc2c(C)n(CCN3CCN(C(C)C)CC3)c3ccccc23)cc1. The first kappa shape index (κ1) is 22.6. The highest BCUT2D eigenvalue weighted by molar-refractivity contribution is 5.89. The minimum Gasteiger partial charge on any atom is -0.465 e. The first-order chi connectivity index (χ1) is 15.5. The van der Waals surface area contributed by atoms with Gasteiger partial charge in [-0.1, -0.05) is 30.3 Å². The van der Waals surface area contributed by atoms with Crippen LogP contribution >= 0.6 is 0 Å². The third-order valence-electron chi connectivity index (χ3n) is 6.89. The van der Waals surface area contributed by atoms with E-state index in [0.29, 0.717) is 11.6 Å². The maximum absolute atomic E-state index is 11.7. The van der Waals surface area contributed by atoms with Crippen LogP contribution in [0.25, 0.3) is 10.9 Å². The summed E-state index contributed by atoms with van der Waals surface area (Å²) < 4.78 is 7.31. The van der Waals surface area contributed by atoms with Gasteiger partial charge >= 0.3 is 5.97 Å². The maximum atomic E-state index is 11.7. The number of carbonyl (C=O) groups excluding carboxylic acids is 1. The van der Waals surface area contributed by atoms with E-state index in [-0.39, 0.29) is 5.97 Å². The molecule has 4 rings (SSSR count). The molecule has 1 saturated heterocycles. The lowest BCUT2D eigenvalue weighted by Crippen LogP contribution is -2.49. The van der Waals surface area contributed by atoms with E-state index in [9.17, 15) is 4.79 Å². The highest BCUT2D eigenvalue weighted by Gasteiger charge is 2.20. The molecule has 5 nitrogen and oxygen atoms in total. The number of carbonyl (C=O) groups is 1. The fraction of sp³-hybridized carbons (Fsp3) is 0.444. The van der Waals surface area contributed by atoms with Crippen molar-refractivity contribution in [2.75, 3.05) is 39.8 Å². The van der Waals surface area contributed by atoms with E-state index in [0.717, 1.165) is 45.7 Å². The van der Waals surface area contributed by atoms with E-state index in [2.05, 4.69) is 59.4 Å². The predicted octanol–water partition coefficient (Wildman–Crippen LogP) is 4.35. The van der Waals surface area contributed by atoms with Gasteiger partial charge in [-0.25, -0.2) is 4.79 Å². The standard InChI is InChI=1S/C27H35N3O2/c1-20(2)29-16-13-28(14-17-29)15-18-30-21(3)25(24-7-5-6-8-26(24)30)19-22-9-11-23(12-10-22)27(31)32-4/h5-12,20H,13-19H2,1-4H3. The highest BCUT2D eigenvalue weighted by atomic mass is 16.5. The number of esters is 1. The van der Waals surface area contributed by atoms with Crippen LogP contribution in [0.1, 0.15) is 41.0 Å². The molecule has 2 heterocycles. The van der Waals surface area contributed by atoms with Crippen LogP contribution in [0, 0.1) is 6.92 Å². The molecule has 5 heteroatoms. The molecule has 0 spiro atoms. The number of hydrogen-bond acceptors (Lipinski definition) is 4. The van der Waals surface area contributed by atoms with Crippen molar-refractivity contribution in [1.82, 2.24) is 14.4 Å². The van der Waals surface area contributed by atoms with Gasteiger partial charge in [-0.2, -0.15) is 0 Å². The van der Waals surface area contributed by atoms with Gasteiger partial charge in [0.05, 0.1) is 12.7 Å². The zero-order valence-corrected chi connectivity index (χ0v) is 19.8. The molecule has 0 saturated carbocycles. The van der Waals surface area contributed by atoms with Gasteiger partial charge in [-0.05, 0) is 56.5 Å². The molecule has 3 aromatic rings. The van der Waals surface area contributed by atoms with Gasteiger partial charge in [0, 0.05) is 61.9 Å². The molecule has 0 amide bonds. The largest absolute Gasteiger partial charge is 0.465 e. The zero-order chi connectivity index (χ0) is 22.7. The Balaban J connectivity index is 1.51. The maximum Gasteiger partial charge on any atom is 0.337 e. The molecule has 1 fully saturated rings. The monoisotopic (exact) mass is 433 g/mol. The van der Waals surface area contributed by atoms with E-state index in [1.165, 1.54) is 34.8 Å². The molecule has 170 valence electrons. The Kier molecular flexibility index (Phi) is 6.97. The first-order valence-corrected chi connectivity index (χ1v) is 11.7. The molecule has 0 aliphatic carbocycles. The molecule has 0 bridgehead atoms. The Hall–Kier alpha value is -2.63. The molecule has 0 N–H and O–H groups in total. The lowest BCUT2D eigenvalue weighted by molar-refractivity contribution is 0.0600. The summed E-state index contributed by atoms with van der Waals surface area (Å²) in [6, 6.07) is 17.1. The van der Waals surface area contributed by atoms with E-state index in [4.69, 9.17) is 4.74 Å². The van der Waals surface area contributed by atoms with Crippen LogP contribution in [0.2, 0.25) is 0 Å². The van der Waals surface area contributed by atoms with Crippen LogP contribution in [0.5, 0.6) is 0 Å². The fourth-order valence-electron chi connectivity index (χ4n) is 4.84. The topological polar surface area (TPSA) is 37.7 Å². The molecule has 1 aliphatic heterocycles. The third kappa shape index (κ3) is 4.74. The number of methoxy groups -OCH3 is 1. The molecule has 2 aromatic carbocycles. The van der Waals surface area contributed by atoms with E-state index in [1.807, 2.05) is 24.3 Å². The average molecular weight is 434 g/mol. The van der Waals surface area contributed by atoms with Crippen molar-refractivity contribution < 1.29 is 9.53 Å². The second-order valence-electron chi connectivity index (χ2n) is 9.07. The van der Waals surface area contributed by atoms with Gasteiger partial charge in [0.15, 0.2) is 0 Å². The van der Waals surface area contributed by atoms with E-state index >= 15 is 0 Å². The van der Waals surface area contributed by atoms with Crippen LogP contribution in [-0.2, 0) is 17.7 Å². The summed E-state index contributed by atoms with van der Waals surface area (Å²) in [6.07, 6.45) is 0.855. The lowest BCUT2D eigenvalue weighted by atomic mass is 10.0. The summed E-state index contributed by atoms with van der Waals surface area (Å²) in [7, 11) is 1.42. The van der Waals surface area contributed by atoms with Gasteiger partial charge < -0.3 is 9.30 Å².